The smallest absolute Gasteiger partial charge is 0.190 e. The maximum Gasteiger partial charge on any atom is 0.190 e. The van der Waals surface area contributed by atoms with Crippen LogP contribution in [0.5, 0.6) is 0 Å². The van der Waals surface area contributed by atoms with Crippen molar-refractivity contribution < 1.29 is 15.0 Å². The first-order valence-electron chi connectivity index (χ1n) is 1.29. The highest BCUT2D eigenvalue weighted by Crippen LogP contribution is 1.71. The zero-order valence-corrected chi connectivity index (χ0v) is 2.96. The molecule has 3 heteroatoms. The van der Waals surface area contributed by atoms with Crippen LogP contribution in [0.2, 0.25) is 0 Å². The van der Waals surface area contributed by atoms with Crippen LogP contribution in [0.4, 0.5) is 0 Å². The molecule has 0 aliphatic heterocycles. The molecule has 0 rings (SSSR count). The third kappa shape index (κ3) is 1.34. The molecule has 3 nitrogen and oxygen atoms in total. The Morgan fingerprint density at radius 3 is 2.17 bits per heavy atom. The first kappa shape index (κ1) is 5.01. The Morgan fingerprint density at radius 2 is 2.17 bits per heavy atom. The molecule has 0 unspecified atom stereocenters. The van der Waals surface area contributed by atoms with E-state index in [1.54, 1.807) is 0 Å². The first-order chi connectivity index (χ1) is 2.81. The zero-order valence-electron chi connectivity index (χ0n) is 2.96. The van der Waals surface area contributed by atoms with E-state index in [1.807, 2.05) is 0 Å². The lowest BCUT2D eigenvalue weighted by atomic mass is 10.6. The van der Waals surface area contributed by atoms with Gasteiger partial charge in [0.1, 0.15) is 6.26 Å². The van der Waals surface area contributed by atoms with E-state index in [2.05, 4.69) is 0 Å². The molecule has 34 valence electrons. The highest BCUT2D eigenvalue weighted by molar-refractivity contribution is 5.68. The van der Waals surface area contributed by atoms with Crippen LogP contribution in [-0.2, 0) is 4.79 Å². The predicted octanol–water partition coefficient (Wildman–Crippen LogP) is 0.143. The van der Waals surface area contributed by atoms with Crippen molar-refractivity contribution >= 4 is 6.29 Å². The van der Waals surface area contributed by atoms with Gasteiger partial charge in [-0.05, 0) is 0 Å². The second-order valence-corrected chi connectivity index (χ2v) is 0.672. The van der Waals surface area contributed by atoms with Gasteiger partial charge in [0, 0.05) is 0 Å². The molecular formula is C3H4O3. The van der Waals surface area contributed by atoms with Crippen LogP contribution >= 0.6 is 0 Å². The lowest BCUT2D eigenvalue weighted by Crippen LogP contribution is -1.77. The number of rotatable bonds is 1. The molecule has 0 aromatic carbocycles. The normalized spacial score (nSPS) is 11.0. The van der Waals surface area contributed by atoms with Gasteiger partial charge in [0.25, 0.3) is 0 Å². The summed E-state index contributed by atoms with van der Waals surface area (Å²) < 4.78 is 0. The summed E-state index contributed by atoms with van der Waals surface area (Å²) in [5.74, 6) is -0.657. The maximum absolute atomic E-state index is 9.26. The number of aldehydes is 1. The monoisotopic (exact) mass is 88.0 g/mol. The molecule has 0 aliphatic rings. The van der Waals surface area contributed by atoms with E-state index < -0.39 is 5.76 Å². The number of allylic oxidation sites excluding steroid dienone is 1. The fourth-order valence-corrected chi connectivity index (χ4v) is 0.0304. The molecule has 6 heavy (non-hydrogen) atoms. The summed E-state index contributed by atoms with van der Waals surface area (Å²) in [7, 11) is 0. The molecule has 0 spiro atoms. The number of hydrogen-bond donors (Lipinski definition) is 2. The van der Waals surface area contributed by atoms with Gasteiger partial charge in [0.05, 0.1) is 0 Å². The van der Waals surface area contributed by atoms with Crippen molar-refractivity contribution in [3.63, 3.8) is 0 Å². The van der Waals surface area contributed by atoms with E-state index in [1.165, 1.54) is 0 Å². The van der Waals surface area contributed by atoms with E-state index >= 15 is 0 Å². The van der Waals surface area contributed by atoms with Crippen molar-refractivity contribution in [3.8, 4) is 0 Å². The van der Waals surface area contributed by atoms with Crippen molar-refractivity contribution in [3.05, 3.63) is 12.0 Å². The van der Waals surface area contributed by atoms with Gasteiger partial charge in [-0.25, -0.2) is 0 Å². The van der Waals surface area contributed by atoms with Crippen molar-refractivity contribution in [1.82, 2.24) is 0 Å². The van der Waals surface area contributed by atoms with Crippen LogP contribution in [-0.4, -0.2) is 16.5 Å². The summed E-state index contributed by atoms with van der Waals surface area (Å²) in [6.07, 6.45) is 0.465. The third-order valence-corrected chi connectivity index (χ3v) is 0.253. The summed E-state index contributed by atoms with van der Waals surface area (Å²) in [4.78, 5) is 9.26. The Balaban J connectivity index is 3.50. The summed E-state index contributed by atoms with van der Waals surface area (Å²) in [6, 6.07) is 0. The lowest BCUT2D eigenvalue weighted by molar-refractivity contribution is -0.107. The van der Waals surface area contributed by atoms with Crippen LogP contribution in [0.25, 0.3) is 0 Å². The highest BCUT2D eigenvalue weighted by atomic mass is 16.3. The summed E-state index contributed by atoms with van der Waals surface area (Å²) in [6.45, 7) is 0. The molecule has 0 radical (unpaired) electrons. The van der Waals surface area contributed by atoms with E-state index in [-0.39, 0.29) is 6.29 Å². The van der Waals surface area contributed by atoms with E-state index in [0.717, 1.165) is 0 Å². The van der Waals surface area contributed by atoms with Gasteiger partial charge < -0.3 is 10.2 Å². The minimum absolute atomic E-state index is 0.139. The molecule has 0 saturated heterocycles. The lowest BCUT2D eigenvalue weighted by Gasteiger charge is -1.73. The fourth-order valence-electron chi connectivity index (χ4n) is 0.0304. The average Bonchev–Trinajstić information content (AvgIpc) is 1.65. The van der Waals surface area contributed by atoms with Gasteiger partial charge in [0.2, 0.25) is 0 Å². The third-order valence-electron chi connectivity index (χ3n) is 0.253. The second-order valence-electron chi connectivity index (χ2n) is 0.672. The quantitative estimate of drug-likeness (QED) is 0.272. The minimum atomic E-state index is -0.657. The van der Waals surface area contributed by atoms with Crippen LogP contribution in [0.1, 0.15) is 0 Å². The molecule has 0 bridgehead atoms. The predicted molar refractivity (Wildman–Crippen MR) is 19.4 cm³/mol. The van der Waals surface area contributed by atoms with E-state index in [0.29, 0.717) is 6.26 Å². The van der Waals surface area contributed by atoms with Crippen LogP contribution < -0.4 is 0 Å². The molecule has 0 amide bonds. The Bertz CT molecular complexity index is 74.1. The minimum Gasteiger partial charge on any atom is -0.512 e. The van der Waals surface area contributed by atoms with Gasteiger partial charge in [0.15, 0.2) is 12.0 Å². The molecule has 0 fully saturated rings. The van der Waals surface area contributed by atoms with Crippen molar-refractivity contribution in [2.24, 2.45) is 0 Å². The van der Waals surface area contributed by atoms with Crippen LogP contribution in [0.15, 0.2) is 12.0 Å². The summed E-state index contributed by atoms with van der Waals surface area (Å²) in [5, 5.41) is 15.6. The number of carbonyl (C=O) groups is 1. The van der Waals surface area contributed by atoms with Gasteiger partial charge in [-0.1, -0.05) is 0 Å². The SMILES string of the molecule is O=C/C(O)=C\O. The van der Waals surface area contributed by atoms with Gasteiger partial charge in [-0.15, -0.1) is 0 Å². The van der Waals surface area contributed by atoms with Gasteiger partial charge >= 0.3 is 0 Å². The molecule has 2 N–H and O–H groups in total. The summed E-state index contributed by atoms with van der Waals surface area (Å²) in [5.41, 5.74) is 0. The molecular weight excluding hydrogens is 84.0 g/mol. The topological polar surface area (TPSA) is 57.5 Å². The number of aliphatic hydroxyl groups excluding tert-OH is 2. The van der Waals surface area contributed by atoms with Crippen molar-refractivity contribution in [1.29, 1.82) is 0 Å². The van der Waals surface area contributed by atoms with Crippen LogP contribution in [0.3, 0.4) is 0 Å². The second kappa shape index (κ2) is 2.26. The highest BCUT2D eigenvalue weighted by Gasteiger charge is 1.78. The Hall–Kier alpha value is -0.990. The van der Waals surface area contributed by atoms with Crippen molar-refractivity contribution in [2.45, 2.75) is 0 Å². The Kier molecular flexibility index (Phi) is 1.89. The number of aliphatic hydroxyl groups is 2. The Labute approximate surface area is 34.5 Å². The number of carbonyl (C=O) groups excluding carboxylic acids is 1. The van der Waals surface area contributed by atoms with E-state index in [9.17, 15) is 4.79 Å². The molecule has 0 aliphatic carbocycles. The van der Waals surface area contributed by atoms with Crippen molar-refractivity contribution in [2.75, 3.05) is 0 Å². The molecule has 0 aromatic rings. The summed E-state index contributed by atoms with van der Waals surface area (Å²) >= 11 is 0. The number of hydrogen-bond acceptors (Lipinski definition) is 3. The van der Waals surface area contributed by atoms with Gasteiger partial charge in [-0.2, -0.15) is 0 Å². The maximum atomic E-state index is 9.26. The average molecular weight is 88.1 g/mol. The molecule has 0 heterocycles. The molecule has 0 atom stereocenters. The Morgan fingerprint density at radius 1 is 1.67 bits per heavy atom. The standard InChI is InChI=1S/C3H4O3/c4-1-3(6)2-5/h1-2,4,6H/b3-1+. The zero-order chi connectivity index (χ0) is 4.99. The van der Waals surface area contributed by atoms with E-state index in [4.69, 9.17) is 10.2 Å². The molecule has 0 saturated carbocycles. The van der Waals surface area contributed by atoms with Gasteiger partial charge in [-0.3, -0.25) is 4.79 Å². The van der Waals surface area contributed by atoms with Crippen LogP contribution in [0, 0.1) is 0 Å². The largest absolute Gasteiger partial charge is 0.512 e. The molecule has 0 aromatic heterocycles. The fraction of sp³-hybridized carbons (Fsp3) is 0. The first-order valence-corrected chi connectivity index (χ1v) is 1.29.